The minimum absolute atomic E-state index is 0.108. The van der Waals surface area contributed by atoms with E-state index in [4.69, 9.17) is 5.11 Å². The molecule has 0 radical (unpaired) electrons. The molecule has 4 nitrogen and oxygen atoms in total. The summed E-state index contributed by atoms with van der Waals surface area (Å²) in [5, 5.41) is 11.5. The molecule has 0 aliphatic carbocycles. The van der Waals surface area contributed by atoms with E-state index >= 15 is 0 Å². The highest BCUT2D eigenvalue weighted by Crippen LogP contribution is 2.19. The molecular weight excluding hydrogens is 298 g/mol. The third kappa shape index (κ3) is 4.55. The van der Waals surface area contributed by atoms with Gasteiger partial charge in [-0.1, -0.05) is 34.2 Å². The fraction of sp³-hybridized carbons (Fsp3) is 0.0769. The summed E-state index contributed by atoms with van der Waals surface area (Å²) in [6.45, 7) is 1.84. The normalized spacial score (nSPS) is 11.0. The fourth-order valence-corrected chi connectivity index (χ4v) is 1.72. The molecule has 0 heterocycles. The summed E-state index contributed by atoms with van der Waals surface area (Å²) >= 11 is 3.19. The van der Waals surface area contributed by atoms with E-state index in [9.17, 15) is 9.59 Å². The maximum absolute atomic E-state index is 11.5. The van der Waals surface area contributed by atoms with E-state index in [0.29, 0.717) is 10.2 Å². The van der Waals surface area contributed by atoms with E-state index in [1.54, 1.807) is 24.3 Å². The molecule has 1 amide bonds. The van der Waals surface area contributed by atoms with Crippen LogP contribution in [0.25, 0.3) is 0 Å². The van der Waals surface area contributed by atoms with Gasteiger partial charge in [-0.15, -0.1) is 0 Å². The van der Waals surface area contributed by atoms with Gasteiger partial charge in [0.05, 0.1) is 5.56 Å². The molecule has 0 unspecified atom stereocenters. The van der Waals surface area contributed by atoms with Crippen LogP contribution in [-0.2, 0) is 4.79 Å². The van der Waals surface area contributed by atoms with Crippen molar-refractivity contribution >= 4 is 33.5 Å². The van der Waals surface area contributed by atoms with Crippen LogP contribution < -0.4 is 5.32 Å². The highest BCUT2D eigenvalue weighted by Gasteiger charge is 2.07. The predicted octanol–water partition coefficient (Wildman–Crippen LogP) is 3.22. The minimum Gasteiger partial charge on any atom is -0.478 e. The van der Waals surface area contributed by atoms with Gasteiger partial charge < -0.3 is 10.4 Å². The zero-order chi connectivity index (χ0) is 13.5. The molecule has 0 aliphatic rings. The summed E-state index contributed by atoms with van der Waals surface area (Å²) in [7, 11) is 0. The second kappa shape index (κ2) is 6.76. The van der Waals surface area contributed by atoms with Crippen molar-refractivity contribution in [3.8, 4) is 0 Å². The summed E-state index contributed by atoms with van der Waals surface area (Å²) in [4.78, 5) is 22.3. The van der Waals surface area contributed by atoms with Crippen LogP contribution in [-0.4, -0.2) is 17.0 Å². The van der Waals surface area contributed by atoms with E-state index in [1.165, 1.54) is 18.2 Å². The van der Waals surface area contributed by atoms with Crippen molar-refractivity contribution in [2.75, 3.05) is 5.32 Å². The topological polar surface area (TPSA) is 66.4 Å². The van der Waals surface area contributed by atoms with Gasteiger partial charge >= 0.3 is 5.97 Å². The molecule has 0 bridgehead atoms. The average molecular weight is 310 g/mol. The van der Waals surface area contributed by atoms with E-state index < -0.39 is 5.97 Å². The number of rotatable bonds is 4. The van der Waals surface area contributed by atoms with E-state index in [-0.39, 0.29) is 11.5 Å². The van der Waals surface area contributed by atoms with Gasteiger partial charge in [0.15, 0.2) is 0 Å². The predicted molar refractivity (Wildman–Crippen MR) is 73.7 cm³/mol. The molecule has 0 fully saturated rings. The summed E-state index contributed by atoms with van der Waals surface area (Å²) < 4.78 is 0.593. The number of carbonyl (C=O) groups excluding carboxylic acids is 1. The Kier molecular flexibility index (Phi) is 5.32. The van der Waals surface area contributed by atoms with Crippen LogP contribution in [0.15, 0.2) is 47.0 Å². The molecule has 0 aliphatic heterocycles. The first-order valence-corrected chi connectivity index (χ1v) is 5.96. The Hall–Kier alpha value is -1.88. The van der Waals surface area contributed by atoms with Crippen molar-refractivity contribution in [1.82, 2.24) is 0 Å². The highest BCUT2D eigenvalue weighted by atomic mass is 79.9. The number of nitrogens with one attached hydrogen (secondary N) is 1. The van der Waals surface area contributed by atoms with Gasteiger partial charge in [-0.05, 0) is 25.1 Å². The average Bonchev–Trinajstić information content (AvgIpc) is 2.28. The summed E-state index contributed by atoms with van der Waals surface area (Å²) in [6.07, 6.45) is 6.49. The number of halogens is 1. The number of amides is 1. The summed E-state index contributed by atoms with van der Waals surface area (Å²) in [6, 6.07) is 4.50. The Labute approximate surface area is 113 Å². The maximum atomic E-state index is 11.5. The molecule has 1 aromatic carbocycles. The van der Waals surface area contributed by atoms with Crippen molar-refractivity contribution in [2.24, 2.45) is 0 Å². The number of hydrogen-bond acceptors (Lipinski definition) is 2. The molecule has 0 saturated heterocycles. The Bertz CT molecular complexity index is 521. The van der Waals surface area contributed by atoms with Gasteiger partial charge in [0.2, 0.25) is 5.91 Å². The number of carbonyl (C=O) groups is 2. The SMILES string of the molecule is CC=CC=CC(=O)Nc1cc(Br)cc(C(=O)O)c1. The van der Waals surface area contributed by atoms with Crippen LogP contribution in [0, 0.1) is 0 Å². The molecule has 1 aromatic rings. The largest absolute Gasteiger partial charge is 0.478 e. The first kappa shape index (κ1) is 14.2. The molecule has 18 heavy (non-hydrogen) atoms. The lowest BCUT2D eigenvalue weighted by Crippen LogP contribution is -2.08. The van der Waals surface area contributed by atoms with Crippen molar-refractivity contribution in [3.63, 3.8) is 0 Å². The summed E-state index contributed by atoms with van der Waals surface area (Å²) in [5.41, 5.74) is 0.536. The minimum atomic E-state index is -1.05. The maximum Gasteiger partial charge on any atom is 0.335 e. The van der Waals surface area contributed by atoms with Crippen molar-refractivity contribution in [3.05, 3.63) is 52.5 Å². The molecule has 2 N–H and O–H groups in total. The standard InChI is InChI=1S/C13H12BrNO3/c1-2-3-4-5-12(16)15-11-7-9(13(17)18)6-10(14)8-11/h2-8H,1H3,(H,15,16)(H,17,18). The van der Waals surface area contributed by atoms with Gasteiger partial charge in [-0.2, -0.15) is 0 Å². The van der Waals surface area contributed by atoms with Gasteiger partial charge in [0.1, 0.15) is 0 Å². The molecule has 1 rings (SSSR count). The first-order chi connectivity index (χ1) is 8.52. The number of allylic oxidation sites excluding steroid dienone is 3. The first-order valence-electron chi connectivity index (χ1n) is 5.17. The zero-order valence-corrected chi connectivity index (χ0v) is 11.3. The molecule has 0 saturated carbocycles. The second-order valence-corrected chi connectivity index (χ2v) is 4.32. The molecule has 5 heteroatoms. The van der Waals surface area contributed by atoms with Crippen LogP contribution in [0.4, 0.5) is 5.69 Å². The third-order valence-corrected chi connectivity index (χ3v) is 2.42. The Balaban J connectivity index is 2.84. The van der Waals surface area contributed by atoms with Gasteiger partial charge in [-0.3, -0.25) is 4.79 Å². The third-order valence-electron chi connectivity index (χ3n) is 1.96. The fourth-order valence-electron chi connectivity index (χ4n) is 1.22. The Morgan fingerprint density at radius 3 is 2.61 bits per heavy atom. The van der Waals surface area contributed by atoms with Crippen LogP contribution in [0.1, 0.15) is 17.3 Å². The van der Waals surface area contributed by atoms with Crippen LogP contribution in [0.3, 0.4) is 0 Å². The number of carboxylic acid groups (broad SMARTS) is 1. The van der Waals surface area contributed by atoms with E-state index in [0.717, 1.165) is 0 Å². The highest BCUT2D eigenvalue weighted by molar-refractivity contribution is 9.10. The number of hydrogen-bond donors (Lipinski definition) is 2. The summed E-state index contributed by atoms with van der Waals surface area (Å²) in [5.74, 6) is -1.36. The van der Waals surface area contributed by atoms with Gasteiger partial charge in [0.25, 0.3) is 0 Å². The van der Waals surface area contributed by atoms with Crippen molar-refractivity contribution < 1.29 is 14.7 Å². The van der Waals surface area contributed by atoms with E-state index in [2.05, 4.69) is 21.2 Å². The van der Waals surface area contributed by atoms with E-state index in [1.807, 2.05) is 6.92 Å². The lowest BCUT2D eigenvalue weighted by Gasteiger charge is -2.04. The second-order valence-electron chi connectivity index (χ2n) is 3.41. The Morgan fingerprint density at radius 2 is 2.00 bits per heavy atom. The van der Waals surface area contributed by atoms with Gasteiger partial charge in [-0.25, -0.2) is 4.79 Å². The molecule has 0 atom stereocenters. The van der Waals surface area contributed by atoms with Crippen molar-refractivity contribution in [1.29, 1.82) is 0 Å². The van der Waals surface area contributed by atoms with Gasteiger partial charge in [0, 0.05) is 16.2 Å². The van der Waals surface area contributed by atoms with Crippen LogP contribution >= 0.6 is 15.9 Å². The van der Waals surface area contributed by atoms with Crippen LogP contribution in [0.2, 0.25) is 0 Å². The monoisotopic (exact) mass is 309 g/mol. The molecule has 0 spiro atoms. The zero-order valence-electron chi connectivity index (χ0n) is 9.68. The Morgan fingerprint density at radius 1 is 1.28 bits per heavy atom. The molecular formula is C13H12BrNO3. The smallest absolute Gasteiger partial charge is 0.335 e. The van der Waals surface area contributed by atoms with Crippen molar-refractivity contribution in [2.45, 2.75) is 6.92 Å². The molecule has 0 aromatic heterocycles. The lowest BCUT2D eigenvalue weighted by molar-refractivity contribution is -0.111. The molecule has 94 valence electrons. The number of aromatic carboxylic acids is 1. The number of carboxylic acids is 1. The quantitative estimate of drug-likeness (QED) is 0.663. The van der Waals surface area contributed by atoms with Crippen LogP contribution in [0.5, 0.6) is 0 Å². The number of benzene rings is 1. The number of anilines is 1. The lowest BCUT2D eigenvalue weighted by atomic mass is 10.2.